The van der Waals surface area contributed by atoms with E-state index in [0.29, 0.717) is 13.0 Å². The van der Waals surface area contributed by atoms with Crippen molar-refractivity contribution in [1.82, 2.24) is 0 Å². The molecule has 1 aliphatic carbocycles. The molecule has 12 nitrogen and oxygen atoms in total. The predicted molar refractivity (Wildman–Crippen MR) is 230 cm³/mol. The Morgan fingerprint density at radius 3 is 1.57 bits per heavy atom. The number of aliphatic hydroxyl groups is 5. The van der Waals surface area contributed by atoms with E-state index in [1.165, 1.54) is 57.8 Å². The van der Waals surface area contributed by atoms with Crippen molar-refractivity contribution in [3.05, 3.63) is 48.6 Å². The van der Waals surface area contributed by atoms with Gasteiger partial charge in [0.15, 0.2) is 0 Å². The fourth-order valence-electron chi connectivity index (χ4n) is 6.60. The van der Waals surface area contributed by atoms with Crippen LogP contribution in [0.25, 0.3) is 0 Å². The lowest BCUT2D eigenvalue weighted by atomic mass is 9.85. The Hall–Kier alpha value is -1.70. The number of aliphatic hydroxyl groups excluding tert-OH is 5. The van der Waals surface area contributed by atoms with Crippen LogP contribution in [0.5, 0.6) is 0 Å². The Kier molecular flexibility index (Phi) is 33.7. The first-order valence-corrected chi connectivity index (χ1v) is 24.0. The highest BCUT2D eigenvalue weighted by atomic mass is 31.2. The second-order valence-electron chi connectivity index (χ2n) is 15.5. The minimum Gasteiger partial charge on any atom is -0.457 e. The second kappa shape index (κ2) is 36.0. The van der Waals surface area contributed by atoms with Gasteiger partial charge < -0.3 is 39.9 Å². The summed E-state index contributed by atoms with van der Waals surface area (Å²) >= 11 is 0. The standard InChI is InChI=1S/C45H81O12P/c1-3-5-7-9-11-13-15-17-19-21-23-25-27-29-31-33-35-54-36-38(37-55-58(52,53)57-45-43(50)41(48)40(47)42(49)44(45)51)56-39(46)34-32-30-28-26-24-22-20-18-16-14-12-10-8-6-4-2/h6,8,12,14,17-20,38,40-45,47-51H,3-5,7,9-11,13,15-16,21-37H2,1-2H3,(H,52,53)/b8-6-,14-12-,19-17-,20-18-. The van der Waals surface area contributed by atoms with Gasteiger partial charge in [0.05, 0.1) is 13.2 Å². The number of phosphoric ester groups is 1. The third-order valence-corrected chi connectivity index (χ3v) is 11.2. The zero-order valence-corrected chi connectivity index (χ0v) is 36.7. The topological polar surface area (TPSA) is 192 Å². The summed E-state index contributed by atoms with van der Waals surface area (Å²) in [6, 6.07) is 0. The van der Waals surface area contributed by atoms with Crippen molar-refractivity contribution in [2.45, 2.75) is 211 Å². The molecule has 1 aliphatic rings. The molecular weight excluding hydrogens is 763 g/mol. The van der Waals surface area contributed by atoms with Gasteiger partial charge in [0, 0.05) is 13.0 Å². The summed E-state index contributed by atoms with van der Waals surface area (Å²) < 4.78 is 34.1. The van der Waals surface area contributed by atoms with Crippen molar-refractivity contribution >= 4 is 13.8 Å². The van der Waals surface area contributed by atoms with E-state index in [2.05, 4.69) is 62.5 Å². The lowest BCUT2D eigenvalue weighted by molar-refractivity contribution is -0.220. The van der Waals surface area contributed by atoms with E-state index in [-0.39, 0.29) is 13.0 Å². The summed E-state index contributed by atoms with van der Waals surface area (Å²) in [6.45, 7) is 4.10. The summed E-state index contributed by atoms with van der Waals surface area (Å²) in [6.07, 6.45) is 30.4. The number of hydrogen-bond donors (Lipinski definition) is 6. The van der Waals surface area contributed by atoms with Gasteiger partial charge in [-0.15, -0.1) is 0 Å². The number of rotatable bonds is 37. The molecular formula is C45H81O12P. The van der Waals surface area contributed by atoms with Crippen molar-refractivity contribution in [2.24, 2.45) is 0 Å². The van der Waals surface area contributed by atoms with Gasteiger partial charge in [-0.1, -0.05) is 140 Å². The largest absolute Gasteiger partial charge is 0.472 e. The van der Waals surface area contributed by atoms with Crippen molar-refractivity contribution < 1.29 is 58.3 Å². The Morgan fingerprint density at radius 1 is 0.569 bits per heavy atom. The second-order valence-corrected chi connectivity index (χ2v) is 16.9. The predicted octanol–water partition coefficient (Wildman–Crippen LogP) is 8.86. The fraction of sp³-hybridized carbons (Fsp3) is 0.800. The molecule has 0 bridgehead atoms. The first-order chi connectivity index (χ1) is 28.0. The van der Waals surface area contributed by atoms with Gasteiger partial charge in [-0.25, -0.2) is 4.57 Å². The van der Waals surface area contributed by atoms with Gasteiger partial charge in [-0.05, 0) is 70.6 Å². The maximum absolute atomic E-state index is 12.8. The van der Waals surface area contributed by atoms with E-state index < -0.39 is 63.1 Å². The lowest BCUT2D eigenvalue weighted by Gasteiger charge is -2.41. The van der Waals surface area contributed by atoms with E-state index in [9.17, 15) is 39.8 Å². The number of hydrogen-bond acceptors (Lipinski definition) is 11. The van der Waals surface area contributed by atoms with Crippen molar-refractivity contribution in [2.75, 3.05) is 19.8 Å². The van der Waals surface area contributed by atoms with Gasteiger partial charge in [-0.3, -0.25) is 13.8 Å². The first-order valence-electron chi connectivity index (χ1n) is 22.5. The molecule has 0 aromatic rings. The zero-order valence-electron chi connectivity index (χ0n) is 35.8. The molecule has 0 saturated heterocycles. The molecule has 0 spiro atoms. The minimum absolute atomic E-state index is 0.0890. The number of allylic oxidation sites excluding steroid dienone is 8. The van der Waals surface area contributed by atoms with Crippen LogP contribution in [0, 0.1) is 0 Å². The molecule has 1 fully saturated rings. The van der Waals surface area contributed by atoms with E-state index >= 15 is 0 Å². The molecule has 338 valence electrons. The number of esters is 1. The Labute approximate surface area is 350 Å². The number of unbranched alkanes of at least 4 members (excludes halogenated alkanes) is 17. The number of phosphoric acid groups is 1. The van der Waals surface area contributed by atoms with Crippen LogP contribution < -0.4 is 0 Å². The summed E-state index contributed by atoms with van der Waals surface area (Å²) in [5, 5.41) is 50.1. The van der Waals surface area contributed by atoms with Crippen molar-refractivity contribution in [1.29, 1.82) is 0 Å². The van der Waals surface area contributed by atoms with E-state index in [4.69, 9.17) is 18.5 Å². The third-order valence-electron chi connectivity index (χ3n) is 10.2. The molecule has 13 heteroatoms. The number of ether oxygens (including phenoxy) is 2. The zero-order chi connectivity index (χ0) is 42.7. The van der Waals surface area contributed by atoms with Gasteiger partial charge in [0.1, 0.15) is 42.7 Å². The van der Waals surface area contributed by atoms with Crippen molar-refractivity contribution in [3.63, 3.8) is 0 Å². The third kappa shape index (κ3) is 27.9. The number of carbonyl (C=O) groups is 1. The molecule has 1 saturated carbocycles. The van der Waals surface area contributed by atoms with Gasteiger partial charge in [0.2, 0.25) is 0 Å². The number of carbonyl (C=O) groups excluding carboxylic acids is 1. The maximum atomic E-state index is 12.8. The van der Waals surface area contributed by atoms with Gasteiger partial charge in [-0.2, -0.15) is 0 Å². The van der Waals surface area contributed by atoms with Crippen LogP contribution in [0.4, 0.5) is 0 Å². The highest BCUT2D eigenvalue weighted by Crippen LogP contribution is 2.47. The summed E-state index contributed by atoms with van der Waals surface area (Å²) in [4.78, 5) is 23.1. The average molecular weight is 845 g/mol. The molecule has 0 aromatic heterocycles. The summed E-state index contributed by atoms with van der Waals surface area (Å²) in [5.74, 6) is -0.498. The van der Waals surface area contributed by atoms with E-state index in [1.54, 1.807) is 0 Å². The SMILES string of the molecule is CC/C=C\C/C=C\C/C=C\CCCCCCCC(=O)OC(COCCCCCCCC/C=C\CCCCCCCC)COP(=O)(O)OC1C(O)C(O)C(O)C(O)C1O. The molecule has 0 heterocycles. The normalized spacial score (nSPS) is 23.1. The van der Waals surface area contributed by atoms with E-state index in [0.717, 1.165) is 83.5 Å². The van der Waals surface area contributed by atoms with Crippen LogP contribution in [0.15, 0.2) is 48.6 Å². The molecule has 0 radical (unpaired) electrons. The Morgan fingerprint density at radius 2 is 1.02 bits per heavy atom. The smallest absolute Gasteiger partial charge is 0.457 e. The average Bonchev–Trinajstić information content (AvgIpc) is 3.21. The summed E-state index contributed by atoms with van der Waals surface area (Å²) in [5.41, 5.74) is 0. The van der Waals surface area contributed by atoms with E-state index in [1.807, 2.05) is 0 Å². The van der Waals surface area contributed by atoms with Crippen LogP contribution in [-0.4, -0.2) is 98.9 Å². The molecule has 58 heavy (non-hydrogen) atoms. The lowest BCUT2D eigenvalue weighted by Crippen LogP contribution is -2.64. The first kappa shape index (κ1) is 54.3. The Balaban J connectivity index is 2.43. The molecule has 0 amide bonds. The fourth-order valence-corrected chi connectivity index (χ4v) is 7.57. The monoisotopic (exact) mass is 845 g/mol. The molecule has 0 aromatic carbocycles. The van der Waals surface area contributed by atoms with Crippen molar-refractivity contribution in [3.8, 4) is 0 Å². The minimum atomic E-state index is -5.02. The van der Waals surface area contributed by atoms with Crippen LogP contribution >= 0.6 is 7.82 Å². The summed E-state index contributed by atoms with van der Waals surface area (Å²) in [7, 11) is -5.02. The maximum Gasteiger partial charge on any atom is 0.472 e. The van der Waals surface area contributed by atoms with Crippen LogP contribution in [0.1, 0.15) is 168 Å². The highest BCUT2D eigenvalue weighted by molar-refractivity contribution is 7.47. The quantitative estimate of drug-likeness (QED) is 0.0151. The molecule has 6 atom stereocenters. The van der Waals surface area contributed by atoms with Crippen LogP contribution in [-0.2, 0) is 27.9 Å². The molecule has 0 aliphatic heterocycles. The molecule has 6 unspecified atom stereocenters. The van der Waals surface area contributed by atoms with Gasteiger partial charge in [0.25, 0.3) is 0 Å². The van der Waals surface area contributed by atoms with Crippen LogP contribution in [0.2, 0.25) is 0 Å². The molecule has 6 N–H and O–H groups in total. The van der Waals surface area contributed by atoms with Crippen LogP contribution in [0.3, 0.4) is 0 Å². The molecule has 1 rings (SSSR count). The highest BCUT2D eigenvalue weighted by Gasteiger charge is 2.51. The Bertz CT molecular complexity index is 1140. The van der Waals surface area contributed by atoms with Gasteiger partial charge >= 0.3 is 13.8 Å².